The number of likely N-dealkylation sites (N-methyl/N-ethyl adjacent to an activating group) is 1. The van der Waals surface area contributed by atoms with Crippen molar-refractivity contribution in [3.8, 4) is 0 Å². The molecule has 5 heteroatoms. The van der Waals surface area contributed by atoms with Gasteiger partial charge in [0.15, 0.2) is 5.78 Å². The molecule has 0 aromatic heterocycles. The summed E-state index contributed by atoms with van der Waals surface area (Å²) >= 11 is 0. The third kappa shape index (κ3) is 3.94. The van der Waals surface area contributed by atoms with E-state index in [0.717, 1.165) is 24.9 Å². The van der Waals surface area contributed by atoms with Crippen LogP contribution in [0.2, 0.25) is 0 Å². The van der Waals surface area contributed by atoms with E-state index in [4.69, 9.17) is 0 Å². The Morgan fingerprint density at radius 2 is 1.77 bits per heavy atom. The van der Waals surface area contributed by atoms with Crippen molar-refractivity contribution in [2.75, 3.05) is 18.9 Å². The molecule has 0 unspecified atom stereocenters. The summed E-state index contributed by atoms with van der Waals surface area (Å²) in [4.78, 5) is 25.8. The largest absolute Gasteiger partial charge is 0.388 e. The van der Waals surface area contributed by atoms with E-state index >= 15 is 0 Å². The molecule has 5 nitrogen and oxygen atoms in total. The van der Waals surface area contributed by atoms with Gasteiger partial charge in [0.1, 0.15) is 0 Å². The van der Waals surface area contributed by atoms with Crippen molar-refractivity contribution >= 4 is 23.1 Å². The van der Waals surface area contributed by atoms with Crippen LogP contribution in [0.5, 0.6) is 0 Å². The monoisotopic (exact) mass is 352 g/mol. The van der Waals surface area contributed by atoms with Crippen LogP contribution in [-0.4, -0.2) is 40.9 Å². The Morgan fingerprint density at radius 3 is 2.35 bits per heavy atom. The predicted octanol–water partition coefficient (Wildman–Crippen LogP) is 3.62. The minimum Gasteiger partial charge on any atom is -0.388 e. The highest BCUT2D eigenvalue weighted by atomic mass is 16.3. The van der Waals surface area contributed by atoms with Crippen LogP contribution in [0, 0.1) is 0 Å². The van der Waals surface area contributed by atoms with Crippen molar-refractivity contribution in [1.29, 1.82) is 0 Å². The van der Waals surface area contributed by atoms with E-state index < -0.39 is 5.60 Å². The van der Waals surface area contributed by atoms with E-state index in [1.54, 1.807) is 30.1 Å². The highest BCUT2D eigenvalue weighted by Crippen LogP contribution is 2.32. The molecule has 2 aromatic carbocycles. The van der Waals surface area contributed by atoms with Gasteiger partial charge in [-0.3, -0.25) is 9.59 Å². The number of para-hydroxylation sites is 1. The fourth-order valence-electron chi connectivity index (χ4n) is 3.18. The van der Waals surface area contributed by atoms with Gasteiger partial charge < -0.3 is 15.3 Å². The molecule has 1 amide bonds. The maximum absolute atomic E-state index is 12.8. The number of nitrogens with zero attached hydrogens (tertiary/aromatic N) is 1. The Labute approximate surface area is 153 Å². The van der Waals surface area contributed by atoms with E-state index in [9.17, 15) is 14.7 Å². The Hall–Kier alpha value is -2.66. The number of hydrogen-bond donors (Lipinski definition) is 2. The number of rotatable bonds is 6. The van der Waals surface area contributed by atoms with Crippen molar-refractivity contribution < 1.29 is 14.7 Å². The maximum Gasteiger partial charge on any atom is 0.255 e. The molecule has 0 radical (unpaired) electrons. The molecule has 26 heavy (non-hydrogen) atoms. The van der Waals surface area contributed by atoms with Gasteiger partial charge in [0.25, 0.3) is 5.91 Å². The highest BCUT2D eigenvalue weighted by Gasteiger charge is 2.36. The van der Waals surface area contributed by atoms with E-state index in [1.807, 2.05) is 30.3 Å². The molecule has 0 bridgehead atoms. The van der Waals surface area contributed by atoms with Crippen LogP contribution >= 0.6 is 0 Å². The van der Waals surface area contributed by atoms with E-state index in [1.165, 1.54) is 6.92 Å². The van der Waals surface area contributed by atoms with Gasteiger partial charge in [0, 0.05) is 24.8 Å². The van der Waals surface area contributed by atoms with Gasteiger partial charge in [-0.15, -0.1) is 0 Å². The van der Waals surface area contributed by atoms with Crippen LogP contribution in [0.1, 0.15) is 46.9 Å². The molecule has 1 aliphatic carbocycles. The lowest BCUT2D eigenvalue weighted by Crippen LogP contribution is -2.48. The lowest BCUT2D eigenvalue weighted by atomic mass is 9.80. The molecule has 2 N–H and O–H groups in total. The third-order valence-electron chi connectivity index (χ3n) is 4.89. The SMILES string of the molecule is CC(=O)c1ccc(Nc2ccccc2C(=O)N(C)CC2(O)CCC2)cc1. The van der Waals surface area contributed by atoms with E-state index in [2.05, 4.69) is 5.32 Å². The second-order valence-corrected chi connectivity index (χ2v) is 7.04. The first-order valence-corrected chi connectivity index (χ1v) is 8.83. The van der Waals surface area contributed by atoms with Gasteiger partial charge in [-0.25, -0.2) is 0 Å². The van der Waals surface area contributed by atoms with Crippen LogP contribution < -0.4 is 5.32 Å². The van der Waals surface area contributed by atoms with Crippen LogP contribution in [0.25, 0.3) is 0 Å². The number of Topliss-reactive ketones (excluding diaryl/α,β-unsaturated/α-hetero) is 1. The summed E-state index contributed by atoms with van der Waals surface area (Å²) in [7, 11) is 1.72. The Kier molecular flexibility index (Phi) is 5.09. The summed E-state index contributed by atoms with van der Waals surface area (Å²) in [5, 5.41) is 13.6. The van der Waals surface area contributed by atoms with Crippen molar-refractivity contribution in [3.05, 3.63) is 59.7 Å². The number of carbonyl (C=O) groups is 2. The summed E-state index contributed by atoms with van der Waals surface area (Å²) < 4.78 is 0. The standard InChI is InChI=1S/C21H24N2O3/c1-15(24)16-8-10-17(11-9-16)22-19-7-4-3-6-18(19)20(25)23(2)14-21(26)12-5-13-21/h3-4,6-11,22,26H,5,12-14H2,1-2H3. The van der Waals surface area contributed by atoms with Crippen molar-refractivity contribution in [1.82, 2.24) is 4.90 Å². The Bertz CT molecular complexity index is 810. The van der Waals surface area contributed by atoms with Crippen LogP contribution in [0.15, 0.2) is 48.5 Å². The van der Waals surface area contributed by atoms with Crippen molar-refractivity contribution in [2.24, 2.45) is 0 Å². The number of hydrogen-bond acceptors (Lipinski definition) is 4. The number of amides is 1. The molecule has 0 aliphatic heterocycles. The van der Waals surface area contributed by atoms with Gasteiger partial charge in [-0.2, -0.15) is 0 Å². The molecule has 0 heterocycles. The zero-order valence-electron chi connectivity index (χ0n) is 15.2. The fourth-order valence-corrected chi connectivity index (χ4v) is 3.18. The molecule has 136 valence electrons. The lowest BCUT2D eigenvalue weighted by Gasteiger charge is -2.39. The molecule has 0 atom stereocenters. The molecular weight excluding hydrogens is 328 g/mol. The highest BCUT2D eigenvalue weighted by molar-refractivity contribution is 6.00. The fraction of sp³-hybridized carbons (Fsp3) is 0.333. The summed E-state index contributed by atoms with van der Waals surface area (Å²) in [6.45, 7) is 1.87. The van der Waals surface area contributed by atoms with Crippen molar-refractivity contribution in [2.45, 2.75) is 31.8 Å². The summed E-state index contributed by atoms with van der Waals surface area (Å²) in [5.74, 6) is -0.114. The molecule has 1 aliphatic rings. The van der Waals surface area contributed by atoms with Gasteiger partial charge in [0.2, 0.25) is 0 Å². The number of nitrogens with one attached hydrogen (secondary N) is 1. The summed E-state index contributed by atoms with van der Waals surface area (Å²) in [6.07, 6.45) is 2.49. The third-order valence-corrected chi connectivity index (χ3v) is 4.89. The molecule has 2 aromatic rings. The van der Waals surface area contributed by atoms with E-state index in [-0.39, 0.29) is 11.7 Å². The molecular formula is C21H24N2O3. The van der Waals surface area contributed by atoms with Crippen LogP contribution in [0.4, 0.5) is 11.4 Å². The first kappa shape index (κ1) is 18.1. The van der Waals surface area contributed by atoms with Crippen LogP contribution in [0.3, 0.4) is 0 Å². The molecule has 1 fully saturated rings. The Morgan fingerprint density at radius 1 is 1.12 bits per heavy atom. The smallest absolute Gasteiger partial charge is 0.255 e. The lowest BCUT2D eigenvalue weighted by molar-refractivity contribution is -0.0498. The number of anilines is 2. The quantitative estimate of drug-likeness (QED) is 0.779. The number of ketones is 1. The van der Waals surface area contributed by atoms with Gasteiger partial charge in [-0.1, -0.05) is 12.1 Å². The zero-order chi connectivity index (χ0) is 18.7. The average molecular weight is 352 g/mol. The Balaban J connectivity index is 1.76. The van der Waals surface area contributed by atoms with Gasteiger partial charge in [0.05, 0.1) is 16.9 Å². The second-order valence-electron chi connectivity index (χ2n) is 7.04. The number of carbonyl (C=O) groups excluding carboxylic acids is 2. The number of benzene rings is 2. The molecule has 0 saturated heterocycles. The minimum absolute atomic E-state index is 0.0164. The summed E-state index contributed by atoms with van der Waals surface area (Å²) in [6, 6.07) is 14.5. The normalized spacial score (nSPS) is 15.0. The van der Waals surface area contributed by atoms with Gasteiger partial charge in [-0.05, 0) is 62.6 Å². The zero-order valence-corrected chi connectivity index (χ0v) is 15.2. The van der Waals surface area contributed by atoms with Crippen molar-refractivity contribution in [3.63, 3.8) is 0 Å². The first-order valence-electron chi connectivity index (χ1n) is 8.83. The van der Waals surface area contributed by atoms with E-state index in [0.29, 0.717) is 23.4 Å². The molecule has 3 rings (SSSR count). The number of aliphatic hydroxyl groups is 1. The summed E-state index contributed by atoms with van der Waals surface area (Å²) in [5.41, 5.74) is 1.95. The molecule has 0 spiro atoms. The second kappa shape index (κ2) is 7.30. The maximum atomic E-state index is 12.8. The minimum atomic E-state index is -0.741. The van der Waals surface area contributed by atoms with Crippen LogP contribution in [-0.2, 0) is 0 Å². The first-order chi connectivity index (χ1) is 12.4. The predicted molar refractivity (Wildman–Crippen MR) is 102 cm³/mol. The topological polar surface area (TPSA) is 69.6 Å². The molecule has 1 saturated carbocycles. The van der Waals surface area contributed by atoms with Gasteiger partial charge >= 0.3 is 0 Å². The average Bonchev–Trinajstić information content (AvgIpc) is 2.60.